The summed E-state index contributed by atoms with van der Waals surface area (Å²) in [6, 6.07) is 13.9. The maximum atomic E-state index is 13.5. The smallest absolute Gasteiger partial charge is 0.244 e. The fraction of sp³-hybridized carbons (Fsp3) is 0.167. The maximum Gasteiger partial charge on any atom is 0.244 e. The molecule has 0 saturated carbocycles. The largest absolute Gasteiger partial charge is 0.493 e. The van der Waals surface area contributed by atoms with Gasteiger partial charge in [0.25, 0.3) is 0 Å². The molecule has 0 fully saturated rings. The van der Waals surface area contributed by atoms with Crippen LogP contribution in [0.25, 0.3) is 6.08 Å². The monoisotopic (exact) mass is 297 g/mol. The van der Waals surface area contributed by atoms with Crippen LogP contribution in [0.5, 0.6) is 5.75 Å². The predicted octanol–water partition coefficient (Wildman–Crippen LogP) is 3.48. The van der Waals surface area contributed by atoms with Crippen molar-refractivity contribution < 1.29 is 13.9 Å². The number of nitrogens with one attached hydrogen (secondary N) is 1. The summed E-state index contributed by atoms with van der Waals surface area (Å²) in [5.41, 5.74) is 1.37. The van der Waals surface area contributed by atoms with Crippen molar-refractivity contribution in [3.8, 4) is 5.75 Å². The van der Waals surface area contributed by atoms with Crippen LogP contribution in [0.15, 0.2) is 54.6 Å². The first kappa shape index (κ1) is 14.3. The van der Waals surface area contributed by atoms with Gasteiger partial charge < -0.3 is 10.1 Å². The second-order valence-corrected chi connectivity index (χ2v) is 5.09. The molecular weight excluding hydrogens is 281 g/mol. The molecule has 0 saturated heterocycles. The summed E-state index contributed by atoms with van der Waals surface area (Å²) < 4.78 is 19.1. The van der Waals surface area contributed by atoms with Crippen LogP contribution in [-0.4, -0.2) is 12.5 Å². The van der Waals surface area contributed by atoms with Crippen molar-refractivity contribution in [3.63, 3.8) is 0 Å². The molecule has 0 radical (unpaired) electrons. The number of para-hydroxylation sites is 1. The van der Waals surface area contributed by atoms with Crippen LogP contribution in [-0.2, 0) is 4.79 Å². The van der Waals surface area contributed by atoms with Gasteiger partial charge in [-0.15, -0.1) is 0 Å². The fourth-order valence-electron chi connectivity index (χ4n) is 2.49. The van der Waals surface area contributed by atoms with E-state index in [9.17, 15) is 9.18 Å². The van der Waals surface area contributed by atoms with Crippen molar-refractivity contribution in [2.45, 2.75) is 12.5 Å². The highest BCUT2D eigenvalue weighted by Gasteiger charge is 2.21. The Labute approximate surface area is 128 Å². The van der Waals surface area contributed by atoms with Gasteiger partial charge in [-0.05, 0) is 18.2 Å². The summed E-state index contributed by atoms with van der Waals surface area (Å²) in [5, 5.41) is 2.94. The third-order valence-electron chi connectivity index (χ3n) is 3.59. The van der Waals surface area contributed by atoms with Crippen molar-refractivity contribution in [1.82, 2.24) is 5.32 Å². The minimum Gasteiger partial charge on any atom is -0.493 e. The summed E-state index contributed by atoms with van der Waals surface area (Å²) in [4.78, 5) is 12.0. The maximum absolute atomic E-state index is 13.5. The molecule has 3 nitrogen and oxygen atoms in total. The van der Waals surface area contributed by atoms with Gasteiger partial charge in [0.15, 0.2) is 0 Å². The highest BCUT2D eigenvalue weighted by Crippen LogP contribution is 2.31. The number of ether oxygens (including phenoxy) is 1. The topological polar surface area (TPSA) is 38.3 Å². The standard InChI is InChI=1S/C18H16FNO2/c19-15-7-3-1-5-13(15)9-10-18(21)20-16-11-12-22-17-8-4-2-6-14(16)17/h1-10,16H,11-12H2,(H,20,21)/b10-9+/t16-/m0/s1. The Morgan fingerprint density at radius 1 is 1.18 bits per heavy atom. The van der Waals surface area contributed by atoms with Gasteiger partial charge in [0.1, 0.15) is 11.6 Å². The van der Waals surface area contributed by atoms with Crippen LogP contribution in [0.1, 0.15) is 23.6 Å². The zero-order chi connectivity index (χ0) is 15.4. The molecule has 1 atom stereocenters. The Hall–Kier alpha value is -2.62. The molecule has 0 bridgehead atoms. The zero-order valence-electron chi connectivity index (χ0n) is 12.0. The summed E-state index contributed by atoms with van der Waals surface area (Å²) in [6.45, 7) is 0.568. The SMILES string of the molecule is O=C(/C=C/c1ccccc1F)N[C@H]1CCOc2ccccc21. The lowest BCUT2D eigenvalue weighted by Crippen LogP contribution is -2.30. The van der Waals surface area contributed by atoms with Gasteiger partial charge >= 0.3 is 0 Å². The van der Waals surface area contributed by atoms with Crippen molar-refractivity contribution in [3.05, 3.63) is 71.6 Å². The highest BCUT2D eigenvalue weighted by atomic mass is 19.1. The van der Waals surface area contributed by atoms with Gasteiger partial charge in [0.05, 0.1) is 12.6 Å². The first-order valence-electron chi connectivity index (χ1n) is 7.19. The molecule has 1 amide bonds. The van der Waals surface area contributed by atoms with Crippen molar-refractivity contribution in [1.29, 1.82) is 0 Å². The van der Waals surface area contributed by atoms with E-state index in [0.717, 1.165) is 17.7 Å². The molecule has 1 aliphatic heterocycles. The van der Waals surface area contributed by atoms with E-state index in [2.05, 4.69) is 5.32 Å². The molecule has 4 heteroatoms. The van der Waals surface area contributed by atoms with Crippen molar-refractivity contribution in [2.24, 2.45) is 0 Å². The molecule has 0 aliphatic carbocycles. The molecule has 112 valence electrons. The van der Waals surface area contributed by atoms with Crippen LogP contribution in [0.3, 0.4) is 0 Å². The Kier molecular flexibility index (Phi) is 4.19. The predicted molar refractivity (Wildman–Crippen MR) is 82.9 cm³/mol. The Morgan fingerprint density at radius 2 is 1.95 bits per heavy atom. The lowest BCUT2D eigenvalue weighted by Gasteiger charge is -2.26. The normalized spacial score (nSPS) is 16.9. The van der Waals surface area contributed by atoms with Gasteiger partial charge in [-0.2, -0.15) is 0 Å². The van der Waals surface area contributed by atoms with E-state index < -0.39 is 0 Å². The zero-order valence-corrected chi connectivity index (χ0v) is 12.0. The quantitative estimate of drug-likeness (QED) is 0.881. The number of carbonyl (C=O) groups excluding carboxylic acids is 1. The van der Waals surface area contributed by atoms with Crippen molar-refractivity contribution in [2.75, 3.05) is 6.61 Å². The number of fused-ring (bicyclic) bond motifs is 1. The first-order valence-corrected chi connectivity index (χ1v) is 7.19. The molecule has 2 aromatic rings. The van der Waals surface area contributed by atoms with Crippen LogP contribution < -0.4 is 10.1 Å². The molecule has 1 aliphatic rings. The minimum atomic E-state index is -0.344. The molecule has 1 N–H and O–H groups in total. The average Bonchev–Trinajstić information content (AvgIpc) is 2.54. The fourth-order valence-corrected chi connectivity index (χ4v) is 2.49. The number of hydrogen-bond donors (Lipinski definition) is 1. The van der Waals surface area contributed by atoms with Crippen molar-refractivity contribution >= 4 is 12.0 Å². The highest BCUT2D eigenvalue weighted by molar-refractivity contribution is 5.92. The average molecular weight is 297 g/mol. The molecule has 3 rings (SSSR count). The van der Waals surface area contributed by atoms with E-state index in [1.54, 1.807) is 18.2 Å². The Bertz CT molecular complexity index is 712. The lowest BCUT2D eigenvalue weighted by molar-refractivity contribution is -0.117. The summed E-state index contributed by atoms with van der Waals surface area (Å²) >= 11 is 0. The third-order valence-corrected chi connectivity index (χ3v) is 3.59. The van der Waals surface area contributed by atoms with Gasteiger partial charge in [-0.3, -0.25) is 4.79 Å². The first-order chi connectivity index (χ1) is 10.7. The minimum absolute atomic E-state index is 0.0808. The number of rotatable bonds is 3. The van der Waals surface area contributed by atoms with Crippen LogP contribution >= 0.6 is 0 Å². The van der Waals surface area contributed by atoms with E-state index in [1.165, 1.54) is 18.2 Å². The van der Waals surface area contributed by atoms with E-state index >= 15 is 0 Å². The van der Waals surface area contributed by atoms with E-state index in [0.29, 0.717) is 12.2 Å². The molecule has 1 heterocycles. The number of amides is 1. The number of hydrogen-bond acceptors (Lipinski definition) is 2. The van der Waals surface area contributed by atoms with Gasteiger partial charge in [0.2, 0.25) is 5.91 Å². The molecule has 2 aromatic carbocycles. The number of benzene rings is 2. The lowest BCUT2D eigenvalue weighted by atomic mass is 10.0. The van der Waals surface area contributed by atoms with Crippen LogP contribution in [0, 0.1) is 5.82 Å². The van der Waals surface area contributed by atoms with Crippen LogP contribution in [0.2, 0.25) is 0 Å². The number of halogens is 1. The summed E-state index contributed by atoms with van der Waals surface area (Å²) in [7, 11) is 0. The number of carbonyl (C=O) groups is 1. The second-order valence-electron chi connectivity index (χ2n) is 5.09. The summed E-state index contributed by atoms with van der Waals surface area (Å²) in [6.07, 6.45) is 3.56. The van der Waals surface area contributed by atoms with E-state index in [4.69, 9.17) is 4.74 Å². The second kappa shape index (κ2) is 6.43. The van der Waals surface area contributed by atoms with Gasteiger partial charge in [-0.25, -0.2) is 4.39 Å². The van der Waals surface area contributed by atoms with Gasteiger partial charge in [-0.1, -0.05) is 36.4 Å². The molecule has 22 heavy (non-hydrogen) atoms. The Morgan fingerprint density at radius 3 is 2.82 bits per heavy atom. The van der Waals surface area contributed by atoms with Crippen LogP contribution in [0.4, 0.5) is 4.39 Å². The summed E-state index contributed by atoms with van der Waals surface area (Å²) in [5.74, 6) is 0.213. The molecular formula is C18H16FNO2. The molecule has 0 spiro atoms. The Balaban J connectivity index is 1.69. The van der Waals surface area contributed by atoms with E-state index in [-0.39, 0.29) is 17.8 Å². The third kappa shape index (κ3) is 3.17. The van der Waals surface area contributed by atoms with E-state index in [1.807, 2.05) is 24.3 Å². The molecule has 0 unspecified atom stereocenters. The van der Waals surface area contributed by atoms with Gasteiger partial charge in [0, 0.05) is 23.6 Å². The molecule has 0 aromatic heterocycles.